The first-order valence-corrected chi connectivity index (χ1v) is 16.6. The van der Waals surface area contributed by atoms with Gasteiger partial charge in [0.05, 0.1) is 0 Å². The summed E-state index contributed by atoms with van der Waals surface area (Å²) in [4.78, 5) is 41.2. The molecule has 0 bridgehead atoms. The summed E-state index contributed by atoms with van der Waals surface area (Å²) in [5.41, 5.74) is 1.96. The predicted molar refractivity (Wildman–Crippen MR) is 166 cm³/mol. The summed E-state index contributed by atoms with van der Waals surface area (Å²) < 4.78 is 1.38. The number of aryl methyl sites for hydroxylation is 1. The number of ketones is 1. The van der Waals surface area contributed by atoms with E-state index < -0.39 is 11.4 Å². The molecule has 0 saturated heterocycles. The summed E-state index contributed by atoms with van der Waals surface area (Å²) in [6.45, 7) is 18.2. The Balaban J connectivity index is 0.000000328. The summed E-state index contributed by atoms with van der Waals surface area (Å²) in [6, 6.07) is 0. The Labute approximate surface area is 262 Å². The van der Waals surface area contributed by atoms with Crippen LogP contribution in [0.4, 0.5) is 5.95 Å². The van der Waals surface area contributed by atoms with Crippen LogP contribution in [0.25, 0.3) is 0 Å². The molecule has 6 rings (SSSR count). The second kappa shape index (κ2) is 11.0. The molecule has 10 nitrogen and oxygen atoms in total. The van der Waals surface area contributed by atoms with Crippen LogP contribution in [0.2, 0.25) is 0 Å². The number of anilines is 1. The fourth-order valence-electron chi connectivity index (χ4n) is 11.5. The highest BCUT2D eigenvalue weighted by atomic mass is 17.1. The van der Waals surface area contributed by atoms with Gasteiger partial charge in [0.25, 0.3) is 0 Å². The lowest BCUT2D eigenvalue weighted by atomic mass is 9.33. The molecule has 1 aromatic rings. The molecule has 4 saturated carbocycles. The number of Topliss-reactive ketones (excluding diaryl/α,β-unsaturated/α-hetero) is 1. The van der Waals surface area contributed by atoms with Crippen molar-refractivity contribution in [1.82, 2.24) is 20.2 Å². The van der Waals surface area contributed by atoms with Gasteiger partial charge >= 0.3 is 5.97 Å². The van der Waals surface area contributed by atoms with E-state index in [2.05, 4.69) is 74.2 Å². The van der Waals surface area contributed by atoms with Crippen molar-refractivity contribution in [3.63, 3.8) is 0 Å². The monoisotopic (exact) mass is 611 g/mol. The molecule has 5 aliphatic rings. The minimum absolute atomic E-state index is 0.0464. The van der Waals surface area contributed by atoms with Gasteiger partial charge in [-0.15, -0.1) is 0 Å². The lowest BCUT2D eigenvalue weighted by molar-refractivity contribution is -0.250. The first-order valence-electron chi connectivity index (χ1n) is 16.6. The van der Waals surface area contributed by atoms with Gasteiger partial charge in [0.15, 0.2) is 5.78 Å². The van der Waals surface area contributed by atoms with E-state index in [1.165, 1.54) is 50.1 Å². The van der Waals surface area contributed by atoms with E-state index in [-0.39, 0.29) is 40.8 Å². The Morgan fingerprint density at radius 2 is 1.68 bits per heavy atom. The molecular weight excluding hydrogens is 558 g/mol. The number of carbonyl (C=O) groups is 3. The summed E-state index contributed by atoms with van der Waals surface area (Å²) in [6.07, 6.45) is 10.5. The Bertz CT molecular complexity index is 1370. The fraction of sp³-hybridized carbons (Fsp3) is 0.824. The normalized spacial score (nSPS) is 38.9. The number of allylic oxidation sites excluding steroid dienone is 1. The number of fused-ring (bicyclic) bond motifs is 7. The molecule has 244 valence electrons. The quantitative estimate of drug-likeness (QED) is 0.290. The maximum atomic E-state index is 13.3. The van der Waals surface area contributed by atoms with Crippen LogP contribution in [0.5, 0.6) is 0 Å². The molecule has 0 spiro atoms. The number of tetrazole rings is 1. The van der Waals surface area contributed by atoms with Crippen molar-refractivity contribution in [2.45, 2.75) is 120 Å². The standard InChI is InChI=1S/C30H46O4.C4H7N5O/c1-18(2)23-20(31)17-30(25(32)34-33)16-15-28(6)19(24(23)30)9-10-22-27(5)13-8-12-26(3,4)21(27)11-14-29(22,28)7;1-3(10)5-4-6-7-8-9(4)2/h18-19,21-22,33H,8-17H2,1-7H3;1-2H3,(H,5,6,8,10)/t19-,21+,22-,27+,28-,29-,30-;/m1./s1. The highest BCUT2D eigenvalue weighted by Crippen LogP contribution is 2.76. The van der Waals surface area contributed by atoms with Gasteiger partial charge in [0, 0.05) is 20.4 Å². The van der Waals surface area contributed by atoms with Crippen LogP contribution in [0.3, 0.4) is 0 Å². The smallest absolute Gasteiger partial charge is 0.300 e. The summed E-state index contributed by atoms with van der Waals surface area (Å²) in [5.74, 6) is 1.40. The number of hydrogen-bond donors (Lipinski definition) is 2. The van der Waals surface area contributed by atoms with Gasteiger partial charge in [-0.25, -0.2) is 9.48 Å². The molecule has 44 heavy (non-hydrogen) atoms. The zero-order chi connectivity index (χ0) is 32.5. The maximum Gasteiger partial charge on any atom is 0.352 e. The predicted octanol–water partition coefficient (Wildman–Crippen LogP) is 6.54. The van der Waals surface area contributed by atoms with Gasteiger partial charge < -0.3 is 4.89 Å². The second-order valence-electron chi connectivity index (χ2n) is 16.3. The SMILES string of the molecule is CC(=O)Nc1nnnn1C.CC(C)C1=C2[C@H]3CC[C@@H]4[C@@]5(C)CCCC(C)(C)[C@@H]5CC[C@@]4(C)[C@]3(C)CC[C@@]2(C(=O)OO)CC1=O. The lowest BCUT2D eigenvalue weighted by Gasteiger charge is -2.71. The van der Waals surface area contributed by atoms with E-state index in [1.54, 1.807) is 7.05 Å². The number of carbonyl (C=O) groups excluding carboxylic acids is 3. The number of amides is 1. The summed E-state index contributed by atoms with van der Waals surface area (Å²) in [5, 5.41) is 22.3. The van der Waals surface area contributed by atoms with Crippen LogP contribution in [-0.4, -0.2) is 43.1 Å². The van der Waals surface area contributed by atoms with E-state index in [4.69, 9.17) is 0 Å². The highest BCUT2D eigenvalue weighted by molar-refractivity contribution is 6.05. The van der Waals surface area contributed by atoms with Crippen molar-refractivity contribution < 1.29 is 24.5 Å². The van der Waals surface area contributed by atoms with E-state index in [9.17, 15) is 19.6 Å². The molecule has 2 N–H and O–H groups in total. The van der Waals surface area contributed by atoms with E-state index in [0.29, 0.717) is 29.1 Å². The second-order valence-corrected chi connectivity index (χ2v) is 16.3. The molecular formula is C34H53N5O5. The average molecular weight is 612 g/mol. The number of nitrogens with zero attached hydrogens (tertiary/aromatic N) is 4. The first-order chi connectivity index (χ1) is 20.5. The number of rotatable bonds is 3. The van der Waals surface area contributed by atoms with Crippen LogP contribution in [0.1, 0.15) is 120 Å². The van der Waals surface area contributed by atoms with Crippen molar-refractivity contribution in [1.29, 1.82) is 0 Å². The zero-order valence-electron chi connectivity index (χ0n) is 28.2. The maximum absolute atomic E-state index is 13.3. The summed E-state index contributed by atoms with van der Waals surface area (Å²) in [7, 11) is 1.64. The largest absolute Gasteiger partial charge is 0.352 e. The molecule has 0 unspecified atom stereocenters. The van der Waals surface area contributed by atoms with Gasteiger partial charge in [-0.05, 0) is 118 Å². The Hall–Kier alpha value is -2.62. The van der Waals surface area contributed by atoms with Gasteiger partial charge in [0.1, 0.15) is 5.41 Å². The van der Waals surface area contributed by atoms with Crippen molar-refractivity contribution in [2.24, 2.45) is 57.8 Å². The molecule has 1 amide bonds. The van der Waals surface area contributed by atoms with Crippen LogP contribution in [0, 0.1) is 50.7 Å². The Kier molecular flexibility index (Phi) is 8.21. The third-order valence-electron chi connectivity index (χ3n) is 13.6. The van der Waals surface area contributed by atoms with Gasteiger partial charge in [-0.3, -0.25) is 14.9 Å². The number of nitrogens with one attached hydrogen (secondary N) is 1. The molecule has 5 aliphatic carbocycles. The molecule has 0 radical (unpaired) electrons. The molecule has 4 fully saturated rings. The third kappa shape index (κ3) is 4.68. The molecule has 0 aliphatic heterocycles. The minimum atomic E-state index is -0.952. The Morgan fingerprint density at radius 1 is 0.977 bits per heavy atom. The molecule has 7 atom stereocenters. The molecule has 0 aromatic carbocycles. The van der Waals surface area contributed by atoms with Gasteiger partial charge in [0.2, 0.25) is 11.9 Å². The van der Waals surface area contributed by atoms with Gasteiger partial charge in [-0.1, -0.05) is 60.0 Å². The molecule has 1 aromatic heterocycles. The van der Waals surface area contributed by atoms with Crippen molar-refractivity contribution >= 4 is 23.6 Å². The van der Waals surface area contributed by atoms with Crippen LogP contribution in [-0.2, 0) is 26.3 Å². The van der Waals surface area contributed by atoms with Crippen molar-refractivity contribution in [3.8, 4) is 0 Å². The Morgan fingerprint density at radius 3 is 2.27 bits per heavy atom. The average Bonchev–Trinajstić information content (AvgIpc) is 3.47. The van der Waals surface area contributed by atoms with E-state index in [1.807, 2.05) is 0 Å². The van der Waals surface area contributed by atoms with Crippen molar-refractivity contribution in [3.05, 3.63) is 11.1 Å². The fourth-order valence-corrected chi connectivity index (χ4v) is 11.5. The third-order valence-corrected chi connectivity index (χ3v) is 13.6. The van der Waals surface area contributed by atoms with Crippen LogP contribution < -0.4 is 5.32 Å². The molecule has 1 heterocycles. The summed E-state index contributed by atoms with van der Waals surface area (Å²) >= 11 is 0. The van der Waals surface area contributed by atoms with Crippen LogP contribution in [0.15, 0.2) is 11.1 Å². The topological polar surface area (TPSA) is 136 Å². The van der Waals surface area contributed by atoms with Gasteiger partial charge in [-0.2, -0.15) is 5.26 Å². The van der Waals surface area contributed by atoms with Crippen molar-refractivity contribution in [2.75, 3.05) is 5.32 Å². The zero-order valence-corrected chi connectivity index (χ0v) is 28.2. The minimum Gasteiger partial charge on any atom is -0.300 e. The van der Waals surface area contributed by atoms with E-state index in [0.717, 1.165) is 29.9 Å². The van der Waals surface area contributed by atoms with E-state index >= 15 is 0 Å². The molecule has 10 heteroatoms. The lowest BCUT2D eigenvalue weighted by Crippen LogP contribution is -2.64. The first kappa shape index (κ1) is 32.8. The number of hydrogen-bond acceptors (Lipinski definition) is 8. The highest BCUT2D eigenvalue weighted by Gasteiger charge is 2.70. The van der Waals surface area contributed by atoms with Crippen LogP contribution >= 0.6 is 0 Å². The number of aromatic nitrogens is 4.